The van der Waals surface area contributed by atoms with Crippen LogP contribution in [0.3, 0.4) is 0 Å². The summed E-state index contributed by atoms with van der Waals surface area (Å²) in [7, 11) is 0. The molecule has 0 fully saturated rings. The van der Waals surface area contributed by atoms with E-state index in [1.807, 2.05) is 12.1 Å². The Labute approximate surface area is 89.1 Å². The van der Waals surface area contributed by atoms with E-state index in [2.05, 4.69) is 25.1 Å². The first-order valence-corrected chi connectivity index (χ1v) is 5.42. The standard InChI is InChI=1S/C11H14N2S/c1-9-3-5-10(6-4-9)14-8-11(2,13)7-12/h3-6H,8,13H2,1-2H3. The second-order valence-corrected chi connectivity index (χ2v) is 4.68. The Bertz CT molecular complexity index is 335. The van der Waals surface area contributed by atoms with E-state index in [1.165, 1.54) is 5.56 Å². The summed E-state index contributed by atoms with van der Waals surface area (Å²) in [6.45, 7) is 3.80. The number of hydrogen-bond acceptors (Lipinski definition) is 3. The summed E-state index contributed by atoms with van der Waals surface area (Å²) in [5.41, 5.74) is 6.21. The lowest BCUT2D eigenvalue weighted by atomic mass is 10.1. The van der Waals surface area contributed by atoms with E-state index < -0.39 is 5.54 Å². The molecule has 0 heterocycles. The summed E-state index contributed by atoms with van der Waals surface area (Å²) >= 11 is 1.61. The molecule has 1 rings (SSSR count). The zero-order chi connectivity index (χ0) is 10.6. The van der Waals surface area contributed by atoms with Crippen molar-refractivity contribution in [2.75, 3.05) is 5.75 Å². The van der Waals surface area contributed by atoms with Gasteiger partial charge >= 0.3 is 0 Å². The van der Waals surface area contributed by atoms with Crippen LogP contribution in [0, 0.1) is 18.3 Å². The van der Waals surface area contributed by atoms with Crippen LogP contribution in [0.5, 0.6) is 0 Å². The Kier molecular flexibility index (Phi) is 3.56. The second kappa shape index (κ2) is 4.50. The van der Waals surface area contributed by atoms with Crippen molar-refractivity contribution in [3.8, 4) is 6.07 Å². The van der Waals surface area contributed by atoms with Crippen molar-refractivity contribution in [3.05, 3.63) is 29.8 Å². The highest BCUT2D eigenvalue weighted by molar-refractivity contribution is 7.99. The van der Waals surface area contributed by atoms with Gasteiger partial charge in [0.15, 0.2) is 0 Å². The molecule has 0 saturated carbocycles. The van der Waals surface area contributed by atoms with Gasteiger partial charge in [0.05, 0.1) is 6.07 Å². The molecule has 14 heavy (non-hydrogen) atoms. The second-order valence-electron chi connectivity index (χ2n) is 3.63. The molecule has 2 N–H and O–H groups in total. The fraction of sp³-hybridized carbons (Fsp3) is 0.364. The van der Waals surface area contributed by atoms with Gasteiger partial charge in [-0.3, -0.25) is 0 Å². The van der Waals surface area contributed by atoms with Crippen LogP contribution < -0.4 is 5.73 Å². The lowest BCUT2D eigenvalue weighted by Gasteiger charge is -2.14. The van der Waals surface area contributed by atoms with Crippen LogP contribution in [-0.4, -0.2) is 11.3 Å². The minimum absolute atomic E-state index is 0.618. The van der Waals surface area contributed by atoms with Crippen molar-refractivity contribution in [3.63, 3.8) is 0 Å². The van der Waals surface area contributed by atoms with Crippen LogP contribution in [-0.2, 0) is 0 Å². The van der Waals surface area contributed by atoms with Gasteiger partial charge < -0.3 is 5.73 Å². The fourth-order valence-electron chi connectivity index (χ4n) is 0.900. The van der Waals surface area contributed by atoms with Gasteiger partial charge in [0.2, 0.25) is 0 Å². The van der Waals surface area contributed by atoms with Gasteiger partial charge in [0.1, 0.15) is 5.54 Å². The molecule has 1 aromatic carbocycles. The molecule has 0 spiro atoms. The molecule has 0 amide bonds. The molecule has 0 aromatic heterocycles. The van der Waals surface area contributed by atoms with Crippen LogP contribution in [0.4, 0.5) is 0 Å². The van der Waals surface area contributed by atoms with Gasteiger partial charge in [-0.25, -0.2) is 0 Å². The summed E-state index contributed by atoms with van der Waals surface area (Å²) in [6, 6.07) is 10.3. The highest BCUT2D eigenvalue weighted by Crippen LogP contribution is 2.21. The number of nitrogens with zero attached hydrogens (tertiary/aromatic N) is 1. The van der Waals surface area contributed by atoms with Crippen LogP contribution >= 0.6 is 11.8 Å². The molecule has 74 valence electrons. The minimum atomic E-state index is -0.741. The summed E-state index contributed by atoms with van der Waals surface area (Å²) < 4.78 is 0. The number of nitriles is 1. The number of thioether (sulfide) groups is 1. The van der Waals surface area contributed by atoms with Crippen LogP contribution in [0.2, 0.25) is 0 Å². The Morgan fingerprint density at radius 1 is 1.43 bits per heavy atom. The molecule has 2 nitrogen and oxygen atoms in total. The zero-order valence-corrected chi connectivity index (χ0v) is 9.27. The number of benzene rings is 1. The third-order valence-electron chi connectivity index (χ3n) is 1.82. The Balaban J connectivity index is 2.55. The first-order chi connectivity index (χ1) is 6.53. The molecular formula is C11H14N2S. The molecule has 3 heteroatoms. The molecule has 0 radical (unpaired) electrons. The lowest BCUT2D eigenvalue weighted by molar-refractivity contribution is 0.682. The van der Waals surface area contributed by atoms with Crippen LogP contribution in [0.15, 0.2) is 29.2 Å². The maximum Gasteiger partial charge on any atom is 0.110 e. The number of nitrogens with two attached hydrogens (primary N) is 1. The van der Waals surface area contributed by atoms with Gasteiger partial charge in [-0.1, -0.05) is 17.7 Å². The van der Waals surface area contributed by atoms with Gasteiger partial charge in [-0.05, 0) is 26.0 Å². The molecule has 0 aliphatic rings. The van der Waals surface area contributed by atoms with E-state index >= 15 is 0 Å². The van der Waals surface area contributed by atoms with E-state index in [4.69, 9.17) is 11.0 Å². The highest BCUT2D eigenvalue weighted by Gasteiger charge is 2.16. The first-order valence-electron chi connectivity index (χ1n) is 4.43. The maximum atomic E-state index is 8.73. The van der Waals surface area contributed by atoms with E-state index in [1.54, 1.807) is 18.7 Å². The van der Waals surface area contributed by atoms with E-state index in [-0.39, 0.29) is 0 Å². The molecule has 1 atom stereocenters. The normalized spacial score (nSPS) is 14.4. The summed E-state index contributed by atoms with van der Waals surface area (Å²) in [4.78, 5) is 1.16. The predicted molar refractivity (Wildman–Crippen MR) is 60.1 cm³/mol. The zero-order valence-electron chi connectivity index (χ0n) is 8.45. The molecular weight excluding hydrogens is 192 g/mol. The monoisotopic (exact) mass is 206 g/mol. The Morgan fingerprint density at radius 2 is 2.00 bits per heavy atom. The molecule has 1 aromatic rings. The number of rotatable bonds is 3. The average molecular weight is 206 g/mol. The number of aryl methyl sites for hydroxylation is 1. The minimum Gasteiger partial charge on any atom is -0.313 e. The summed E-state index contributed by atoms with van der Waals surface area (Å²) in [6.07, 6.45) is 0. The third kappa shape index (κ3) is 3.41. The van der Waals surface area contributed by atoms with Crippen molar-refractivity contribution in [2.24, 2.45) is 5.73 Å². The third-order valence-corrected chi connectivity index (χ3v) is 3.16. The molecule has 0 bridgehead atoms. The van der Waals surface area contributed by atoms with Crippen molar-refractivity contribution in [1.29, 1.82) is 5.26 Å². The summed E-state index contributed by atoms with van der Waals surface area (Å²) in [5.74, 6) is 0.618. The van der Waals surface area contributed by atoms with Crippen LogP contribution in [0.1, 0.15) is 12.5 Å². The SMILES string of the molecule is Cc1ccc(SCC(C)(N)C#N)cc1. The first kappa shape index (κ1) is 11.1. The molecule has 1 unspecified atom stereocenters. The molecule has 0 aliphatic carbocycles. The van der Waals surface area contributed by atoms with Crippen LogP contribution in [0.25, 0.3) is 0 Å². The quantitative estimate of drug-likeness (QED) is 0.772. The molecule has 0 saturated heterocycles. The largest absolute Gasteiger partial charge is 0.313 e. The van der Waals surface area contributed by atoms with Gasteiger partial charge in [-0.2, -0.15) is 5.26 Å². The van der Waals surface area contributed by atoms with E-state index in [0.717, 1.165) is 4.90 Å². The van der Waals surface area contributed by atoms with E-state index in [9.17, 15) is 0 Å². The van der Waals surface area contributed by atoms with Gasteiger partial charge in [-0.15, -0.1) is 11.8 Å². The highest BCUT2D eigenvalue weighted by atomic mass is 32.2. The maximum absolute atomic E-state index is 8.73. The average Bonchev–Trinajstić information content (AvgIpc) is 2.17. The lowest BCUT2D eigenvalue weighted by Crippen LogP contribution is -2.36. The number of hydrogen-bond donors (Lipinski definition) is 1. The topological polar surface area (TPSA) is 49.8 Å². The van der Waals surface area contributed by atoms with Crippen molar-refractivity contribution in [2.45, 2.75) is 24.3 Å². The van der Waals surface area contributed by atoms with E-state index in [0.29, 0.717) is 5.75 Å². The van der Waals surface area contributed by atoms with Gasteiger partial charge in [0.25, 0.3) is 0 Å². The van der Waals surface area contributed by atoms with Crippen molar-refractivity contribution < 1.29 is 0 Å². The van der Waals surface area contributed by atoms with Gasteiger partial charge in [0, 0.05) is 10.6 Å². The Morgan fingerprint density at radius 3 is 2.50 bits per heavy atom. The predicted octanol–water partition coefficient (Wildman–Crippen LogP) is 2.33. The smallest absolute Gasteiger partial charge is 0.110 e. The van der Waals surface area contributed by atoms with Crippen molar-refractivity contribution >= 4 is 11.8 Å². The van der Waals surface area contributed by atoms with Crippen molar-refractivity contribution in [1.82, 2.24) is 0 Å². The Hall–Kier alpha value is -0.980. The fourth-order valence-corrected chi connectivity index (χ4v) is 1.76. The molecule has 0 aliphatic heterocycles. The summed E-state index contributed by atoms with van der Waals surface area (Å²) in [5, 5.41) is 8.73.